The molecule has 0 amide bonds. The van der Waals surface area contributed by atoms with Gasteiger partial charge in [-0.05, 0) is 12.5 Å². The van der Waals surface area contributed by atoms with Crippen LogP contribution >= 0.6 is 0 Å². The minimum atomic E-state index is 0.234. The number of H-pyrrole nitrogens is 1. The predicted molar refractivity (Wildman–Crippen MR) is 63.1 cm³/mol. The van der Waals surface area contributed by atoms with Crippen LogP contribution in [0.15, 0.2) is 12.3 Å². The molecule has 5 N–H and O–H groups in total. The van der Waals surface area contributed by atoms with Gasteiger partial charge in [0, 0.05) is 30.7 Å². The molecule has 1 aliphatic rings. The van der Waals surface area contributed by atoms with Crippen LogP contribution in [-0.4, -0.2) is 34.3 Å². The third-order valence-corrected chi connectivity index (χ3v) is 3.02. The lowest BCUT2D eigenvalue weighted by atomic mass is 10.3. The molecular formula is C10H14N6. The Hall–Kier alpha value is -1.82. The molecule has 1 atom stereocenters. The molecule has 1 saturated heterocycles. The van der Waals surface area contributed by atoms with Gasteiger partial charge >= 0.3 is 0 Å². The summed E-state index contributed by atoms with van der Waals surface area (Å²) in [6, 6.07) is 2.10. The lowest BCUT2D eigenvalue weighted by molar-refractivity contribution is 0.751. The summed E-state index contributed by atoms with van der Waals surface area (Å²) in [5, 5.41) is 7.85. The van der Waals surface area contributed by atoms with E-state index in [1.54, 1.807) is 6.20 Å². The third-order valence-electron chi connectivity index (χ3n) is 3.02. The van der Waals surface area contributed by atoms with Gasteiger partial charge in [-0.2, -0.15) is 5.10 Å². The van der Waals surface area contributed by atoms with E-state index in [0.29, 0.717) is 5.82 Å². The molecule has 3 rings (SSSR count). The van der Waals surface area contributed by atoms with E-state index in [9.17, 15) is 0 Å². The summed E-state index contributed by atoms with van der Waals surface area (Å²) in [5.74, 6) is 1.41. The van der Waals surface area contributed by atoms with Crippen LogP contribution in [0.2, 0.25) is 0 Å². The normalized spacial score (nSPS) is 20.8. The molecule has 2 aromatic rings. The highest BCUT2D eigenvalue weighted by Gasteiger charge is 2.22. The molecule has 3 heterocycles. The lowest BCUT2D eigenvalue weighted by Gasteiger charge is -2.16. The summed E-state index contributed by atoms with van der Waals surface area (Å²) in [6.45, 7) is 1.78. The zero-order valence-electron chi connectivity index (χ0n) is 8.85. The van der Waals surface area contributed by atoms with Crippen molar-refractivity contribution in [3.05, 3.63) is 12.3 Å². The molecule has 2 aromatic heterocycles. The number of aromatic amines is 1. The van der Waals surface area contributed by atoms with E-state index in [4.69, 9.17) is 11.5 Å². The molecule has 16 heavy (non-hydrogen) atoms. The zero-order valence-corrected chi connectivity index (χ0v) is 8.85. The summed E-state index contributed by atoms with van der Waals surface area (Å²) in [4.78, 5) is 6.55. The molecule has 0 aromatic carbocycles. The van der Waals surface area contributed by atoms with Gasteiger partial charge < -0.3 is 16.4 Å². The van der Waals surface area contributed by atoms with E-state index in [-0.39, 0.29) is 6.04 Å². The number of hydrogen-bond acceptors (Lipinski definition) is 5. The van der Waals surface area contributed by atoms with Gasteiger partial charge in [-0.15, -0.1) is 0 Å². The fourth-order valence-corrected chi connectivity index (χ4v) is 2.17. The average molecular weight is 218 g/mol. The number of nitrogens with zero attached hydrogens (tertiary/aromatic N) is 3. The van der Waals surface area contributed by atoms with Crippen molar-refractivity contribution in [3.63, 3.8) is 0 Å². The van der Waals surface area contributed by atoms with Crippen molar-refractivity contribution in [2.75, 3.05) is 23.7 Å². The van der Waals surface area contributed by atoms with Gasteiger partial charge in [-0.1, -0.05) is 0 Å². The molecule has 0 radical (unpaired) electrons. The highest BCUT2D eigenvalue weighted by atomic mass is 15.2. The van der Waals surface area contributed by atoms with Crippen molar-refractivity contribution >= 4 is 22.5 Å². The van der Waals surface area contributed by atoms with Gasteiger partial charge in [0.15, 0.2) is 11.6 Å². The van der Waals surface area contributed by atoms with E-state index < -0.39 is 0 Å². The molecule has 0 aliphatic carbocycles. The van der Waals surface area contributed by atoms with Crippen LogP contribution in [0.4, 0.5) is 11.6 Å². The van der Waals surface area contributed by atoms with Gasteiger partial charge in [0.1, 0.15) is 5.52 Å². The number of hydrogen-bond donors (Lipinski definition) is 3. The predicted octanol–water partition coefficient (Wildman–Crippen LogP) is 0.0775. The van der Waals surface area contributed by atoms with Gasteiger partial charge in [-0.3, -0.25) is 5.10 Å². The van der Waals surface area contributed by atoms with E-state index in [1.807, 2.05) is 6.07 Å². The second-order valence-electron chi connectivity index (χ2n) is 4.16. The van der Waals surface area contributed by atoms with Crippen molar-refractivity contribution in [3.8, 4) is 0 Å². The minimum absolute atomic E-state index is 0.234. The highest BCUT2D eigenvalue weighted by molar-refractivity contribution is 5.95. The Morgan fingerprint density at radius 3 is 3.12 bits per heavy atom. The quantitative estimate of drug-likeness (QED) is 0.629. The monoisotopic (exact) mass is 218 g/mol. The fraction of sp³-hybridized carbons (Fsp3) is 0.400. The second kappa shape index (κ2) is 3.34. The van der Waals surface area contributed by atoms with Gasteiger partial charge in [0.25, 0.3) is 0 Å². The SMILES string of the molecule is Nc1n[nH]c2c(N3CCC(N)C3)nccc12. The average Bonchev–Trinajstić information content (AvgIpc) is 2.86. The molecule has 84 valence electrons. The molecule has 0 spiro atoms. The molecule has 1 fully saturated rings. The number of aromatic nitrogens is 3. The summed E-state index contributed by atoms with van der Waals surface area (Å²) in [7, 11) is 0. The van der Waals surface area contributed by atoms with Crippen LogP contribution in [-0.2, 0) is 0 Å². The molecule has 6 nitrogen and oxygen atoms in total. The van der Waals surface area contributed by atoms with Crippen molar-refractivity contribution in [1.82, 2.24) is 15.2 Å². The van der Waals surface area contributed by atoms with Crippen molar-refractivity contribution in [1.29, 1.82) is 0 Å². The maximum Gasteiger partial charge on any atom is 0.154 e. The molecule has 1 aliphatic heterocycles. The first-order valence-electron chi connectivity index (χ1n) is 5.35. The Labute approximate surface area is 92.6 Å². The second-order valence-corrected chi connectivity index (χ2v) is 4.16. The van der Waals surface area contributed by atoms with E-state index >= 15 is 0 Å². The largest absolute Gasteiger partial charge is 0.382 e. The molecule has 0 saturated carbocycles. The van der Waals surface area contributed by atoms with Gasteiger partial charge in [0.2, 0.25) is 0 Å². The Morgan fingerprint density at radius 2 is 2.38 bits per heavy atom. The molecule has 1 unspecified atom stereocenters. The van der Waals surface area contributed by atoms with Crippen LogP contribution < -0.4 is 16.4 Å². The third kappa shape index (κ3) is 1.30. The molecule has 0 bridgehead atoms. The standard InChI is InChI=1S/C10H14N6/c11-6-2-4-16(5-6)10-8-7(1-3-13-10)9(12)15-14-8/h1,3,6H,2,4-5,11H2,(H3,12,14,15). The van der Waals surface area contributed by atoms with Gasteiger partial charge in [-0.25, -0.2) is 4.98 Å². The van der Waals surface area contributed by atoms with Gasteiger partial charge in [0.05, 0.1) is 0 Å². The number of anilines is 2. The lowest BCUT2D eigenvalue weighted by Crippen LogP contribution is -2.27. The number of nitrogens with one attached hydrogen (secondary N) is 1. The number of fused-ring (bicyclic) bond motifs is 1. The van der Waals surface area contributed by atoms with E-state index in [2.05, 4.69) is 20.1 Å². The Balaban J connectivity index is 2.09. The first-order chi connectivity index (χ1) is 7.75. The van der Waals surface area contributed by atoms with E-state index in [1.165, 1.54) is 0 Å². The zero-order chi connectivity index (χ0) is 11.1. The minimum Gasteiger partial charge on any atom is -0.382 e. The summed E-state index contributed by atoms with van der Waals surface area (Å²) < 4.78 is 0. The Kier molecular flexibility index (Phi) is 1.97. The first kappa shape index (κ1) is 9.41. The van der Waals surface area contributed by atoms with Crippen LogP contribution in [0.5, 0.6) is 0 Å². The summed E-state index contributed by atoms with van der Waals surface area (Å²) >= 11 is 0. The number of nitrogen functional groups attached to an aromatic ring is 1. The van der Waals surface area contributed by atoms with E-state index in [0.717, 1.165) is 36.2 Å². The maximum absolute atomic E-state index is 5.89. The van der Waals surface area contributed by atoms with Crippen LogP contribution in [0.25, 0.3) is 10.9 Å². The number of rotatable bonds is 1. The number of nitrogens with two attached hydrogens (primary N) is 2. The van der Waals surface area contributed by atoms with Crippen LogP contribution in [0.1, 0.15) is 6.42 Å². The summed E-state index contributed by atoms with van der Waals surface area (Å²) in [6.07, 6.45) is 2.76. The fourth-order valence-electron chi connectivity index (χ4n) is 2.17. The topological polar surface area (TPSA) is 96.8 Å². The smallest absolute Gasteiger partial charge is 0.154 e. The van der Waals surface area contributed by atoms with Crippen LogP contribution in [0, 0.1) is 0 Å². The molecule has 6 heteroatoms. The maximum atomic E-state index is 5.89. The Morgan fingerprint density at radius 1 is 1.50 bits per heavy atom. The molecular weight excluding hydrogens is 204 g/mol. The highest BCUT2D eigenvalue weighted by Crippen LogP contribution is 2.27. The van der Waals surface area contributed by atoms with Crippen molar-refractivity contribution in [2.45, 2.75) is 12.5 Å². The Bertz CT molecular complexity index is 519. The van der Waals surface area contributed by atoms with Crippen molar-refractivity contribution < 1.29 is 0 Å². The summed E-state index contributed by atoms with van der Waals surface area (Å²) in [5.41, 5.74) is 12.5. The number of pyridine rings is 1. The van der Waals surface area contributed by atoms with Crippen molar-refractivity contribution in [2.24, 2.45) is 5.73 Å². The first-order valence-corrected chi connectivity index (χ1v) is 5.35. The van der Waals surface area contributed by atoms with Crippen LogP contribution in [0.3, 0.4) is 0 Å².